The Bertz CT molecular complexity index is 713. The lowest BCUT2D eigenvalue weighted by molar-refractivity contribution is -0.0800. The van der Waals surface area contributed by atoms with Gasteiger partial charge in [-0.1, -0.05) is 59.3 Å². The molecule has 120 valence electrons. The van der Waals surface area contributed by atoms with E-state index in [9.17, 15) is 18.0 Å². The van der Waals surface area contributed by atoms with Crippen LogP contribution in [-0.2, 0) is 0 Å². The molecule has 0 unspecified atom stereocenters. The molecule has 2 rings (SSSR count). The van der Waals surface area contributed by atoms with Gasteiger partial charge >= 0.3 is 6.18 Å². The summed E-state index contributed by atoms with van der Waals surface area (Å²) in [6.45, 7) is 3.74. The first-order valence-corrected chi connectivity index (χ1v) is 7.72. The molecule has 23 heavy (non-hydrogen) atoms. The third-order valence-corrected chi connectivity index (χ3v) is 4.11. The van der Waals surface area contributed by atoms with Crippen molar-refractivity contribution in [1.29, 1.82) is 0 Å². The zero-order chi connectivity index (χ0) is 17.0. The van der Waals surface area contributed by atoms with Crippen LogP contribution in [0, 0.1) is 13.8 Å². The monoisotopic (exact) mass is 336 g/mol. The Morgan fingerprint density at radius 2 is 1.39 bits per heavy atom. The topological polar surface area (TPSA) is 17.1 Å². The summed E-state index contributed by atoms with van der Waals surface area (Å²) in [6.07, 6.45) is -4.48. The predicted octanol–water partition coefficient (Wildman–Crippen LogP) is 5.72. The number of hydrogen-bond acceptors (Lipinski definition) is 2. The molecule has 5 heteroatoms. The molecule has 0 aliphatic rings. The van der Waals surface area contributed by atoms with Crippen LogP contribution in [0.25, 0.3) is 0 Å². The second-order valence-electron chi connectivity index (χ2n) is 5.16. The van der Waals surface area contributed by atoms with Crippen molar-refractivity contribution in [2.45, 2.75) is 24.9 Å². The third-order valence-electron chi connectivity index (χ3n) is 3.08. The molecule has 0 aliphatic carbocycles. The Balaban J connectivity index is 2.34. The highest BCUT2D eigenvalue weighted by atomic mass is 32.2. The minimum Gasteiger partial charge on any atom is -0.288 e. The van der Waals surface area contributed by atoms with E-state index in [0.29, 0.717) is 4.90 Å². The number of carbonyl (C=O) groups excluding carboxylic acids is 1. The number of Topliss-reactive ketones (excluding diaryl/α,β-unsaturated/α-hetero) is 1. The summed E-state index contributed by atoms with van der Waals surface area (Å²) in [5.74, 6) is -0.632. The first-order valence-electron chi connectivity index (χ1n) is 6.90. The van der Waals surface area contributed by atoms with Crippen molar-refractivity contribution in [3.05, 3.63) is 76.2 Å². The van der Waals surface area contributed by atoms with Crippen LogP contribution in [-0.4, -0.2) is 12.0 Å². The van der Waals surface area contributed by atoms with Crippen LogP contribution in [0.3, 0.4) is 0 Å². The van der Waals surface area contributed by atoms with Gasteiger partial charge in [-0.25, -0.2) is 0 Å². The maximum atomic E-state index is 12.8. The van der Waals surface area contributed by atoms with E-state index in [1.807, 2.05) is 13.8 Å². The van der Waals surface area contributed by atoms with Gasteiger partial charge in [0.25, 0.3) is 0 Å². The molecule has 2 aromatic carbocycles. The van der Waals surface area contributed by atoms with Crippen molar-refractivity contribution < 1.29 is 18.0 Å². The molecule has 0 bridgehead atoms. The number of aryl methyl sites for hydroxylation is 2. The summed E-state index contributed by atoms with van der Waals surface area (Å²) in [6, 6.07) is 13.5. The number of hydrogen-bond donors (Lipinski definition) is 0. The molecule has 0 saturated heterocycles. The minimum atomic E-state index is -4.55. The summed E-state index contributed by atoms with van der Waals surface area (Å²) < 4.78 is 38.3. The number of carbonyl (C=O) groups is 1. The molecule has 0 saturated carbocycles. The molecule has 0 N–H and O–H groups in total. The van der Waals surface area contributed by atoms with E-state index in [1.54, 1.807) is 36.4 Å². The lowest BCUT2D eigenvalue weighted by atomic mass is 10.1. The van der Waals surface area contributed by atoms with Gasteiger partial charge in [-0.2, -0.15) is 13.2 Å². The minimum absolute atomic E-state index is 0.0692. The fraction of sp³-hybridized carbons (Fsp3) is 0.167. The van der Waals surface area contributed by atoms with Crippen molar-refractivity contribution in [3.63, 3.8) is 0 Å². The lowest BCUT2D eigenvalue weighted by Crippen LogP contribution is -2.08. The van der Waals surface area contributed by atoms with Crippen LogP contribution < -0.4 is 0 Å². The smallest absolute Gasteiger partial charge is 0.288 e. The van der Waals surface area contributed by atoms with Crippen LogP contribution in [0.15, 0.2) is 64.4 Å². The molecule has 0 atom stereocenters. The van der Waals surface area contributed by atoms with Crippen molar-refractivity contribution in [2.75, 3.05) is 0 Å². The number of alkyl halides is 3. The van der Waals surface area contributed by atoms with Gasteiger partial charge in [0.05, 0.1) is 4.91 Å². The van der Waals surface area contributed by atoms with Crippen LogP contribution in [0.1, 0.15) is 21.5 Å². The van der Waals surface area contributed by atoms with Crippen molar-refractivity contribution >= 4 is 17.5 Å². The first kappa shape index (κ1) is 17.3. The van der Waals surface area contributed by atoms with Crippen LogP contribution in [0.5, 0.6) is 0 Å². The standard InChI is InChI=1S/C18H15F3OS/c1-12-3-7-14(8-4-12)17(22)16(11-18(19,20)21)23-15-9-5-13(2)6-10-15/h3-11H,1-2H3/b16-11-. The van der Waals surface area contributed by atoms with Crippen molar-refractivity contribution in [3.8, 4) is 0 Å². The van der Waals surface area contributed by atoms with E-state index < -0.39 is 12.0 Å². The average molecular weight is 336 g/mol. The van der Waals surface area contributed by atoms with Gasteiger partial charge in [0, 0.05) is 16.5 Å². The molecule has 0 heterocycles. The highest BCUT2D eigenvalue weighted by molar-refractivity contribution is 8.04. The predicted molar refractivity (Wildman–Crippen MR) is 86.7 cm³/mol. The van der Waals surface area contributed by atoms with E-state index >= 15 is 0 Å². The van der Waals surface area contributed by atoms with Gasteiger partial charge in [-0.15, -0.1) is 0 Å². The largest absolute Gasteiger partial charge is 0.410 e. The summed E-state index contributed by atoms with van der Waals surface area (Å²) in [4.78, 5) is 12.7. The number of benzene rings is 2. The molecule has 0 radical (unpaired) electrons. The van der Waals surface area contributed by atoms with Gasteiger partial charge in [0.2, 0.25) is 0 Å². The summed E-state index contributed by atoms with van der Waals surface area (Å²) in [7, 11) is 0. The number of allylic oxidation sites excluding steroid dienone is 2. The molecule has 2 aromatic rings. The number of halogens is 3. The van der Waals surface area contributed by atoms with Gasteiger partial charge in [-0.3, -0.25) is 4.79 Å². The molecule has 0 aromatic heterocycles. The zero-order valence-corrected chi connectivity index (χ0v) is 13.5. The molecule has 0 fully saturated rings. The average Bonchev–Trinajstić information content (AvgIpc) is 2.47. The molecule has 1 nitrogen and oxygen atoms in total. The Kier molecular flexibility index (Phi) is 5.31. The van der Waals surface area contributed by atoms with E-state index in [2.05, 4.69) is 0 Å². The molecule has 0 aliphatic heterocycles. The molecule has 0 amide bonds. The van der Waals surface area contributed by atoms with Gasteiger partial charge in [0.1, 0.15) is 0 Å². The van der Waals surface area contributed by atoms with E-state index in [0.717, 1.165) is 22.9 Å². The lowest BCUT2D eigenvalue weighted by Gasteiger charge is -2.09. The maximum absolute atomic E-state index is 12.8. The summed E-state index contributed by atoms with van der Waals surface area (Å²) in [5.41, 5.74) is 2.18. The van der Waals surface area contributed by atoms with Crippen molar-refractivity contribution in [2.24, 2.45) is 0 Å². The Labute approximate surface area is 137 Å². The van der Waals surface area contributed by atoms with Crippen molar-refractivity contribution in [1.82, 2.24) is 0 Å². The number of thioether (sulfide) groups is 1. The van der Waals surface area contributed by atoms with Crippen LogP contribution >= 0.6 is 11.8 Å². The van der Waals surface area contributed by atoms with E-state index in [4.69, 9.17) is 0 Å². The summed E-state index contributed by atoms with van der Waals surface area (Å²) >= 11 is 0.823. The zero-order valence-electron chi connectivity index (χ0n) is 12.6. The van der Waals surface area contributed by atoms with E-state index in [-0.39, 0.29) is 16.5 Å². The highest BCUT2D eigenvalue weighted by Crippen LogP contribution is 2.33. The third kappa shape index (κ3) is 5.28. The Morgan fingerprint density at radius 1 is 0.913 bits per heavy atom. The first-order chi connectivity index (χ1) is 10.7. The molecule has 0 spiro atoms. The van der Waals surface area contributed by atoms with Gasteiger partial charge < -0.3 is 0 Å². The Hall–Kier alpha value is -2.01. The highest BCUT2D eigenvalue weighted by Gasteiger charge is 2.28. The van der Waals surface area contributed by atoms with Crippen LogP contribution in [0.2, 0.25) is 0 Å². The molecular weight excluding hydrogens is 321 g/mol. The fourth-order valence-corrected chi connectivity index (χ4v) is 2.80. The van der Waals surface area contributed by atoms with Gasteiger partial charge in [0.15, 0.2) is 5.78 Å². The summed E-state index contributed by atoms with van der Waals surface area (Å²) in [5, 5.41) is 0. The molecular formula is C18H15F3OS. The number of ketones is 1. The van der Waals surface area contributed by atoms with Crippen LogP contribution in [0.4, 0.5) is 13.2 Å². The van der Waals surface area contributed by atoms with Gasteiger partial charge in [-0.05, 0) is 26.0 Å². The SMILES string of the molecule is Cc1ccc(S/C(=C\C(F)(F)F)C(=O)c2ccc(C)cc2)cc1. The fourth-order valence-electron chi connectivity index (χ4n) is 1.87. The van der Waals surface area contributed by atoms with E-state index in [1.165, 1.54) is 12.1 Å². The normalized spacial score (nSPS) is 12.3. The Morgan fingerprint density at radius 3 is 1.87 bits per heavy atom. The quantitative estimate of drug-likeness (QED) is 0.403. The second kappa shape index (κ2) is 7.04. The maximum Gasteiger partial charge on any atom is 0.410 e. The number of rotatable bonds is 4. The second-order valence-corrected chi connectivity index (χ2v) is 6.28.